The molecule has 1 heterocycles. The van der Waals surface area contributed by atoms with Crippen LogP contribution in [0.5, 0.6) is 0 Å². The molecule has 4 aromatic rings. The molecule has 0 aliphatic carbocycles. The van der Waals surface area contributed by atoms with Crippen molar-refractivity contribution < 1.29 is 4.92 Å². The fourth-order valence-electron chi connectivity index (χ4n) is 3.43. The third-order valence-electron chi connectivity index (χ3n) is 4.80. The van der Waals surface area contributed by atoms with Crippen molar-refractivity contribution >= 4 is 40.5 Å². The number of aromatic nitrogens is 1. The summed E-state index contributed by atoms with van der Waals surface area (Å²) in [7, 11) is 0. The van der Waals surface area contributed by atoms with E-state index in [1.807, 2.05) is 77.7 Å². The average molecular weight is 421 g/mol. The summed E-state index contributed by atoms with van der Waals surface area (Å²) in [4.78, 5) is 18.1. The Balaban J connectivity index is 0.00000256. The first-order valence-corrected chi connectivity index (χ1v) is 9.29. The first kappa shape index (κ1) is 21.1. The van der Waals surface area contributed by atoms with Crippen LogP contribution in [0.2, 0.25) is 0 Å². The van der Waals surface area contributed by atoms with Crippen LogP contribution in [0, 0.1) is 10.1 Å². The molecule has 0 amide bonds. The van der Waals surface area contributed by atoms with E-state index in [1.165, 1.54) is 0 Å². The molecule has 0 radical (unpaired) electrons. The van der Waals surface area contributed by atoms with Crippen molar-refractivity contribution in [2.45, 2.75) is 13.1 Å². The van der Waals surface area contributed by atoms with E-state index in [0.717, 1.165) is 11.1 Å². The van der Waals surface area contributed by atoms with Gasteiger partial charge in [0, 0.05) is 18.5 Å². The van der Waals surface area contributed by atoms with E-state index in [0.29, 0.717) is 24.0 Å². The van der Waals surface area contributed by atoms with E-state index in [-0.39, 0.29) is 29.6 Å². The maximum Gasteiger partial charge on any atom is 0.334 e. The van der Waals surface area contributed by atoms with Gasteiger partial charge in [0.2, 0.25) is 5.82 Å². The lowest BCUT2D eigenvalue weighted by Crippen LogP contribution is -2.24. The van der Waals surface area contributed by atoms with Crippen molar-refractivity contribution in [3.8, 4) is 0 Å². The van der Waals surface area contributed by atoms with E-state index in [1.54, 1.807) is 12.1 Å². The fourth-order valence-corrected chi connectivity index (χ4v) is 3.43. The number of nitrogen functional groups attached to an aromatic ring is 1. The molecule has 0 aliphatic heterocycles. The molecule has 0 saturated carbocycles. The molecule has 2 N–H and O–H groups in total. The Morgan fingerprint density at radius 2 is 1.33 bits per heavy atom. The van der Waals surface area contributed by atoms with Gasteiger partial charge in [0.05, 0.1) is 10.4 Å². The maximum atomic E-state index is 12.0. The monoisotopic (exact) mass is 420 g/mol. The molecule has 6 nitrogen and oxygen atoms in total. The predicted molar refractivity (Wildman–Crippen MR) is 123 cm³/mol. The van der Waals surface area contributed by atoms with Crippen LogP contribution in [0.4, 0.5) is 17.2 Å². The standard InChI is InChI=1S/C23H20N4O2.ClH/c24-21-19-13-7-8-14-20(19)25-23(22(21)27(28)29)26(15-17-9-3-1-4-10-17)16-18-11-5-2-6-12-18;/h1-14H,15-16H2,(H2,24,25);1H. The van der Waals surface area contributed by atoms with Gasteiger partial charge in [-0.1, -0.05) is 78.9 Å². The maximum absolute atomic E-state index is 12.0. The molecule has 152 valence electrons. The van der Waals surface area contributed by atoms with Crippen molar-refractivity contribution in [3.63, 3.8) is 0 Å². The fraction of sp³-hybridized carbons (Fsp3) is 0.0870. The van der Waals surface area contributed by atoms with Crippen LogP contribution < -0.4 is 10.6 Å². The highest BCUT2D eigenvalue weighted by atomic mass is 35.5. The smallest absolute Gasteiger partial charge is 0.334 e. The van der Waals surface area contributed by atoms with Crippen LogP contribution in [0.1, 0.15) is 11.1 Å². The van der Waals surface area contributed by atoms with Crippen LogP contribution in [0.3, 0.4) is 0 Å². The second-order valence-electron chi connectivity index (χ2n) is 6.80. The van der Waals surface area contributed by atoms with Gasteiger partial charge in [0.1, 0.15) is 5.69 Å². The summed E-state index contributed by atoms with van der Waals surface area (Å²) in [6, 6.07) is 26.9. The molecule has 30 heavy (non-hydrogen) atoms. The third-order valence-corrected chi connectivity index (χ3v) is 4.80. The van der Waals surface area contributed by atoms with Gasteiger partial charge in [-0.25, -0.2) is 4.98 Å². The molecule has 7 heteroatoms. The van der Waals surface area contributed by atoms with Crippen LogP contribution in [0.15, 0.2) is 84.9 Å². The summed E-state index contributed by atoms with van der Waals surface area (Å²) in [5.41, 5.74) is 8.92. The van der Waals surface area contributed by atoms with Gasteiger partial charge in [-0.05, 0) is 17.2 Å². The van der Waals surface area contributed by atoms with Crippen molar-refractivity contribution in [2.24, 2.45) is 0 Å². The predicted octanol–water partition coefficient (Wildman–Crippen LogP) is 5.35. The zero-order valence-corrected chi connectivity index (χ0v) is 17.0. The molecule has 0 bridgehead atoms. The Bertz CT molecular complexity index is 1110. The molecule has 0 spiro atoms. The van der Waals surface area contributed by atoms with Gasteiger partial charge in [-0.2, -0.15) is 0 Å². The molecule has 0 unspecified atom stereocenters. The number of fused-ring (bicyclic) bond motifs is 1. The third kappa shape index (κ3) is 4.34. The van der Waals surface area contributed by atoms with Crippen molar-refractivity contribution in [1.29, 1.82) is 0 Å². The Morgan fingerprint density at radius 3 is 1.87 bits per heavy atom. The highest BCUT2D eigenvalue weighted by Crippen LogP contribution is 2.38. The first-order chi connectivity index (χ1) is 14.1. The van der Waals surface area contributed by atoms with Gasteiger partial charge < -0.3 is 10.6 Å². The van der Waals surface area contributed by atoms with Crippen molar-refractivity contribution in [2.75, 3.05) is 10.6 Å². The lowest BCUT2D eigenvalue weighted by Gasteiger charge is -2.25. The number of nitro groups is 1. The number of hydrogen-bond donors (Lipinski definition) is 1. The lowest BCUT2D eigenvalue weighted by atomic mass is 10.1. The number of halogens is 1. The van der Waals surface area contributed by atoms with Gasteiger partial charge in [0.25, 0.3) is 0 Å². The summed E-state index contributed by atoms with van der Waals surface area (Å²) in [5, 5.41) is 12.5. The highest BCUT2D eigenvalue weighted by Gasteiger charge is 2.27. The minimum absolute atomic E-state index is 0. The number of pyridine rings is 1. The average Bonchev–Trinajstić information content (AvgIpc) is 2.74. The number of rotatable bonds is 6. The summed E-state index contributed by atoms with van der Waals surface area (Å²) < 4.78 is 0. The molecule has 4 rings (SSSR count). The van der Waals surface area contributed by atoms with E-state index in [2.05, 4.69) is 4.98 Å². The second-order valence-corrected chi connectivity index (χ2v) is 6.80. The number of nitrogens with two attached hydrogens (primary N) is 1. The van der Waals surface area contributed by atoms with Gasteiger partial charge in [-0.15, -0.1) is 12.4 Å². The summed E-state index contributed by atoms with van der Waals surface area (Å²) in [6.07, 6.45) is 0. The number of hydrogen-bond acceptors (Lipinski definition) is 5. The van der Waals surface area contributed by atoms with Crippen LogP contribution >= 0.6 is 12.4 Å². The molecule has 0 saturated heterocycles. The van der Waals surface area contributed by atoms with Crippen LogP contribution in [-0.2, 0) is 13.1 Å². The SMILES string of the molecule is Cl.Nc1c([N+](=O)[O-])c(N(Cc2ccccc2)Cc2ccccc2)nc2ccccc12. The molecule has 0 aliphatic rings. The summed E-state index contributed by atoms with van der Waals surface area (Å²) >= 11 is 0. The van der Waals surface area contributed by atoms with Crippen molar-refractivity contribution in [1.82, 2.24) is 4.98 Å². The van der Waals surface area contributed by atoms with Gasteiger partial charge in [0.15, 0.2) is 0 Å². The van der Waals surface area contributed by atoms with E-state index >= 15 is 0 Å². The Morgan fingerprint density at radius 1 is 0.833 bits per heavy atom. The largest absolute Gasteiger partial charge is 0.392 e. The Labute approximate surface area is 180 Å². The van der Waals surface area contributed by atoms with E-state index < -0.39 is 4.92 Å². The number of anilines is 2. The molecule has 0 atom stereocenters. The zero-order chi connectivity index (χ0) is 20.2. The van der Waals surface area contributed by atoms with Crippen molar-refractivity contribution in [3.05, 3.63) is 106 Å². The minimum atomic E-state index is -0.437. The van der Waals surface area contributed by atoms with Crippen LogP contribution in [-0.4, -0.2) is 9.91 Å². The van der Waals surface area contributed by atoms with Gasteiger partial charge >= 0.3 is 5.69 Å². The van der Waals surface area contributed by atoms with Gasteiger partial charge in [-0.3, -0.25) is 10.1 Å². The molecular formula is C23H21ClN4O2. The Hall–Kier alpha value is -3.64. The summed E-state index contributed by atoms with van der Waals surface area (Å²) in [5.74, 6) is 0.277. The second kappa shape index (κ2) is 9.24. The number of nitrogens with zero attached hydrogens (tertiary/aromatic N) is 3. The molecule has 3 aromatic carbocycles. The molecule has 0 fully saturated rings. The number of para-hydroxylation sites is 1. The van der Waals surface area contributed by atoms with E-state index in [4.69, 9.17) is 5.73 Å². The quantitative estimate of drug-likeness (QED) is 0.335. The summed E-state index contributed by atoms with van der Waals surface area (Å²) in [6.45, 7) is 0.947. The Kier molecular flexibility index (Phi) is 6.49. The normalized spacial score (nSPS) is 10.4. The van der Waals surface area contributed by atoms with E-state index in [9.17, 15) is 10.1 Å². The topological polar surface area (TPSA) is 85.3 Å². The minimum Gasteiger partial charge on any atom is -0.392 e. The molecule has 1 aromatic heterocycles. The molecular weight excluding hydrogens is 400 g/mol. The van der Waals surface area contributed by atoms with Crippen LogP contribution in [0.25, 0.3) is 10.9 Å². The first-order valence-electron chi connectivity index (χ1n) is 9.29. The zero-order valence-electron chi connectivity index (χ0n) is 16.1. The highest BCUT2D eigenvalue weighted by molar-refractivity contribution is 5.98. The number of benzene rings is 3. The lowest BCUT2D eigenvalue weighted by molar-refractivity contribution is -0.383.